The normalized spacial score (nSPS) is 21.6. The summed E-state index contributed by atoms with van der Waals surface area (Å²) in [7, 11) is 0. The molecule has 3 aliphatic heterocycles. The van der Waals surface area contributed by atoms with Crippen LogP contribution in [-0.2, 0) is 10.2 Å². The van der Waals surface area contributed by atoms with Gasteiger partial charge in [-0.2, -0.15) is 0 Å². The van der Waals surface area contributed by atoms with Crippen molar-refractivity contribution in [1.29, 1.82) is 0 Å². The van der Waals surface area contributed by atoms with Crippen LogP contribution >= 0.6 is 11.6 Å². The van der Waals surface area contributed by atoms with Gasteiger partial charge in [0.15, 0.2) is 11.6 Å². The lowest BCUT2D eigenvalue weighted by atomic mass is 9.64. The Balaban J connectivity index is 1.60. The van der Waals surface area contributed by atoms with E-state index in [0.29, 0.717) is 57.6 Å². The highest BCUT2D eigenvalue weighted by Crippen LogP contribution is 2.58. The van der Waals surface area contributed by atoms with Gasteiger partial charge in [0.05, 0.1) is 11.3 Å². The summed E-state index contributed by atoms with van der Waals surface area (Å²) >= 11 is 6.09. The van der Waals surface area contributed by atoms with E-state index in [4.69, 9.17) is 11.6 Å². The van der Waals surface area contributed by atoms with Gasteiger partial charge in [-0.25, -0.2) is 0 Å². The first-order chi connectivity index (χ1) is 17.0. The van der Waals surface area contributed by atoms with E-state index < -0.39 is 11.3 Å². The lowest BCUT2D eigenvalue weighted by Crippen LogP contribution is -2.48. The van der Waals surface area contributed by atoms with Crippen LogP contribution in [0.5, 0.6) is 0 Å². The fourth-order valence-electron chi connectivity index (χ4n) is 5.91. The number of para-hydroxylation sites is 1. The van der Waals surface area contributed by atoms with E-state index in [1.54, 1.807) is 36.4 Å². The minimum Gasteiger partial charge on any atom is -0.369 e. The zero-order valence-electron chi connectivity index (χ0n) is 18.4. The Labute approximate surface area is 205 Å². The van der Waals surface area contributed by atoms with Crippen molar-refractivity contribution in [2.75, 3.05) is 18.4 Å². The van der Waals surface area contributed by atoms with Crippen molar-refractivity contribution in [3.05, 3.63) is 117 Å². The van der Waals surface area contributed by atoms with Gasteiger partial charge >= 0.3 is 0 Å². The zero-order valence-corrected chi connectivity index (χ0v) is 19.1. The number of fused-ring (bicyclic) bond motifs is 7. The minimum atomic E-state index is -1.58. The van der Waals surface area contributed by atoms with Gasteiger partial charge in [0, 0.05) is 51.6 Å². The summed E-state index contributed by atoms with van der Waals surface area (Å²) < 4.78 is 0. The summed E-state index contributed by atoms with van der Waals surface area (Å²) in [5.41, 5.74) is 2.65. The van der Waals surface area contributed by atoms with Crippen molar-refractivity contribution < 1.29 is 14.4 Å². The Hall–Kier alpha value is -4.16. The number of anilines is 1. The lowest BCUT2D eigenvalue weighted by Gasteiger charge is -2.39. The van der Waals surface area contributed by atoms with Gasteiger partial charge in [-0.3, -0.25) is 14.4 Å². The molecule has 0 radical (unpaired) electrons. The lowest BCUT2D eigenvalue weighted by molar-refractivity contribution is -0.118. The number of benzene rings is 3. The predicted octanol–water partition coefficient (Wildman–Crippen LogP) is 4.15. The SMILES string of the molecule is O=C(C1=C2NCCN2C2=C(C(=O)c3ccccc32)C12C(=O)Nc1ccccc12)c1ccc(Cl)cc1. The molecule has 2 N–H and O–H groups in total. The first-order valence-corrected chi connectivity index (χ1v) is 11.8. The van der Waals surface area contributed by atoms with E-state index in [9.17, 15) is 14.4 Å². The number of carbonyl (C=O) groups excluding carboxylic acids is 3. The van der Waals surface area contributed by atoms with Crippen LogP contribution in [0.4, 0.5) is 5.69 Å². The number of hydrogen-bond donors (Lipinski definition) is 2. The highest BCUT2D eigenvalue weighted by Gasteiger charge is 2.63. The molecule has 3 aromatic rings. The molecular weight excluding hydrogens is 462 g/mol. The molecule has 3 aromatic carbocycles. The molecular formula is C28H18ClN3O3. The van der Waals surface area contributed by atoms with Crippen molar-refractivity contribution >= 4 is 40.5 Å². The van der Waals surface area contributed by atoms with E-state index >= 15 is 0 Å². The number of nitrogens with one attached hydrogen (secondary N) is 2. The number of rotatable bonds is 2. The maximum Gasteiger partial charge on any atom is 0.244 e. The Morgan fingerprint density at radius 1 is 0.914 bits per heavy atom. The number of hydrogen-bond acceptors (Lipinski definition) is 5. The number of ketones is 2. The van der Waals surface area contributed by atoms with E-state index in [0.717, 1.165) is 5.56 Å². The average Bonchev–Trinajstić information content (AvgIpc) is 3.54. The summed E-state index contributed by atoms with van der Waals surface area (Å²) in [5, 5.41) is 6.84. The molecule has 1 spiro atoms. The molecule has 1 aliphatic carbocycles. The van der Waals surface area contributed by atoms with E-state index in [-0.39, 0.29) is 17.1 Å². The van der Waals surface area contributed by atoms with Crippen LogP contribution in [0.15, 0.2) is 89.8 Å². The summed E-state index contributed by atoms with van der Waals surface area (Å²) in [4.78, 5) is 44.4. The highest BCUT2D eigenvalue weighted by atomic mass is 35.5. The van der Waals surface area contributed by atoms with Gasteiger partial charge in [-0.1, -0.05) is 54.1 Å². The van der Waals surface area contributed by atoms with Gasteiger partial charge in [-0.15, -0.1) is 0 Å². The molecule has 0 saturated carbocycles. The molecule has 7 heteroatoms. The largest absolute Gasteiger partial charge is 0.369 e. The fraction of sp³-hybridized carbons (Fsp3) is 0.107. The van der Waals surface area contributed by atoms with E-state index in [2.05, 4.69) is 10.6 Å². The Morgan fingerprint density at radius 2 is 1.63 bits per heavy atom. The molecule has 3 heterocycles. The van der Waals surface area contributed by atoms with Gasteiger partial charge in [0.2, 0.25) is 5.91 Å². The molecule has 170 valence electrons. The number of carbonyl (C=O) groups is 3. The first-order valence-electron chi connectivity index (χ1n) is 11.4. The first kappa shape index (κ1) is 20.2. The molecule has 7 rings (SSSR count). The quantitative estimate of drug-likeness (QED) is 0.540. The Kier molecular flexibility index (Phi) is 4.01. The highest BCUT2D eigenvalue weighted by molar-refractivity contribution is 6.33. The van der Waals surface area contributed by atoms with Gasteiger partial charge < -0.3 is 15.5 Å². The zero-order chi connectivity index (χ0) is 23.9. The van der Waals surface area contributed by atoms with Crippen LogP contribution < -0.4 is 10.6 Å². The van der Waals surface area contributed by atoms with Crippen LogP contribution in [0.1, 0.15) is 31.8 Å². The van der Waals surface area contributed by atoms with Crippen molar-refractivity contribution in [2.24, 2.45) is 0 Å². The topological polar surface area (TPSA) is 78.5 Å². The van der Waals surface area contributed by atoms with Crippen LogP contribution in [0.25, 0.3) is 5.70 Å². The molecule has 1 saturated heterocycles. The number of nitrogens with zero attached hydrogens (tertiary/aromatic N) is 1. The number of Topliss-reactive ketones (excluding diaryl/α,β-unsaturated/α-hetero) is 2. The van der Waals surface area contributed by atoms with Gasteiger partial charge in [0.1, 0.15) is 11.2 Å². The third kappa shape index (κ3) is 2.42. The van der Waals surface area contributed by atoms with Crippen molar-refractivity contribution in [3.63, 3.8) is 0 Å². The van der Waals surface area contributed by atoms with E-state index in [1.165, 1.54) is 0 Å². The molecule has 1 amide bonds. The number of amides is 1. The standard InChI is InChI=1S/C28H18ClN3O3/c29-16-11-9-15(10-12-16)24(33)22-26-30-13-14-32(26)23-17-5-1-2-6-18(17)25(34)21(23)28(22)19-7-3-4-8-20(19)31-27(28)35/h1-12,30H,13-14H2,(H,31,35). The second-order valence-electron chi connectivity index (χ2n) is 8.99. The summed E-state index contributed by atoms with van der Waals surface area (Å²) in [6.45, 7) is 1.16. The molecule has 35 heavy (non-hydrogen) atoms. The third-order valence-corrected chi connectivity index (χ3v) is 7.55. The smallest absolute Gasteiger partial charge is 0.244 e. The maximum absolute atomic E-state index is 14.3. The van der Waals surface area contributed by atoms with Crippen LogP contribution in [0.3, 0.4) is 0 Å². The summed E-state index contributed by atoms with van der Waals surface area (Å²) in [5.74, 6) is -0.376. The molecule has 0 aromatic heterocycles. The van der Waals surface area contributed by atoms with Crippen LogP contribution in [-0.4, -0.2) is 35.5 Å². The molecule has 0 bridgehead atoms. The summed E-state index contributed by atoms with van der Waals surface area (Å²) in [6.07, 6.45) is 0. The summed E-state index contributed by atoms with van der Waals surface area (Å²) in [6, 6.07) is 21.3. The second-order valence-corrected chi connectivity index (χ2v) is 9.42. The van der Waals surface area contributed by atoms with Crippen LogP contribution in [0.2, 0.25) is 5.02 Å². The van der Waals surface area contributed by atoms with Crippen LogP contribution in [0, 0.1) is 0 Å². The molecule has 6 nitrogen and oxygen atoms in total. The van der Waals surface area contributed by atoms with Crippen molar-refractivity contribution in [3.8, 4) is 0 Å². The second kappa shape index (κ2) is 6.93. The maximum atomic E-state index is 14.3. The van der Waals surface area contributed by atoms with Gasteiger partial charge in [0.25, 0.3) is 0 Å². The molecule has 1 unspecified atom stereocenters. The average molecular weight is 480 g/mol. The van der Waals surface area contributed by atoms with Crippen molar-refractivity contribution in [1.82, 2.24) is 10.2 Å². The van der Waals surface area contributed by atoms with Gasteiger partial charge in [-0.05, 0) is 30.3 Å². The Morgan fingerprint density at radius 3 is 2.43 bits per heavy atom. The fourth-order valence-corrected chi connectivity index (χ4v) is 6.04. The minimum absolute atomic E-state index is 0.227. The molecule has 1 atom stereocenters. The monoisotopic (exact) mass is 479 g/mol. The van der Waals surface area contributed by atoms with Crippen molar-refractivity contribution in [2.45, 2.75) is 5.41 Å². The predicted molar refractivity (Wildman–Crippen MR) is 132 cm³/mol. The molecule has 4 aliphatic rings. The third-order valence-electron chi connectivity index (χ3n) is 7.30. The Bertz CT molecular complexity index is 1570. The molecule has 1 fully saturated rings. The van der Waals surface area contributed by atoms with E-state index in [1.807, 2.05) is 41.3 Å². The number of halogens is 1.